The molecule has 0 unspecified atom stereocenters. The summed E-state index contributed by atoms with van der Waals surface area (Å²) in [5.41, 5.74) is 0. The van der Waals surface area contributed by atoms with Gasteiger partial charge in [0, 0.05) is 6.61 Å². The van der Waals surface area contributed by atoms with E-state index < -0.39 is 0 Å². The molecule has 1 nitrogen and oxygen atoms in total. The molecule has 0 aliphatic heterocycles. The third kappa shape index (κ3) is 22.9. The molecule has 0 heterocycles. The van der Waals surface area contributed by atoms with Crippen LogP contribution in [0.25, 0.3) is 0 Å². The summed E-state index contributed by atoms with van der Waals surface area (Å²) < 4.78 is 5.55. The van der Waals surface area contributed by atoms with E-state index in [1.165, 1.54) is 57.8 Å². The lowest BCUT2D eigenvalue weighted by molar-refractivity contribution is 0.0757. The van der Waals surface area contributed by atoms with Crippen LogP contribution in [-0.2, 0) is 4.74 Å². The van der Waals surface area contributed by atoms with Gasteiger partial charge in [-0.1, -0.05) is 81.2 Å². The summed E-state index contributed by atoms with van der Waals surface area (Å²) in [6.45, 7) is 7.37. The van der Waals surface area contributed by atoms with Crippen LogP contribution in [0.2, 0.25) is 0 Å². The summed E-state index contributed by atoms with van der Waals surface area (Å²) >= 11 is 0. The Hall–Kier alpha value is -1.08. The monoisotopic (exact) mass is 360 g/mol. The van der Waals surface area contributed by atoms with Gasteiger partial charge in [0.2, 0.25) is 0 Å². The zero-order valence-electron chi connectivity index (χ0n) is 17.8. The number of hydrogen-bond donors (Lipinski definition) is 0. The maximum absolute atomic E-state index is 5.55. The molecular weight excluding hydrogens is 316 g/mol. The van der Waals surface area contributed by atoms with E-state index in [0.717, 1.165) is 25.9 Å². The van der Waals surface area contributed by atoms with Crippen LogP contribution in [0.1, 0.15) is 97.8 Å². The van der Waals surface area contributed by atoms with Gasteiger partial charge >= 0.3 is 0 Å². The van der Waals surface area contributed by atoms with Crippen molar-refractivity contribution in [3.63, 3.8) is 0 Å². The Bertz CT molecular complexity index is 374. The van der Waals surface area contributed by atoms with Crippen molar-refractivity contribution < 1.29 is 4.74 Å². The summed E-state index contributed by atoms with van der Waals surface area (Å²) in [6.07, 6.45) is 33.4. The molecule has 0 rings (SSSR count). The van der Waals surface area contributed by atoms with E-state index >= 15 is 0 Å². The highest BCUT2D eigenvalue weighted by Crippen LogP contribution is 2.05. The average molecular weight is 361 g/mol. The summed E-state index contributed by atoms with van der Waals surface area (Å²) in [5.74, 6) is 0. The van der Waals surface area contributed by atoms with Gasteiger partial charge in [0.05, 0.1) is 6.10 Å². The van der Waals surface area contributed by atoms with Crippen molar-refractivity contribution in [1.82, 2.24) is 0 Å². The van der Waals surface area contributed by atoms with E-state index in [1.807, 2.05) is 0 Å². The number of rotatable bonds is 18. The maximum atomic E-state index is 5.55. The van der Waals surface area contributed by atoms with Crippen LogP contribution in [0.3, 0.4) is 0 Å². The first kappa shape index (κ1) is 24.9. The van der Waals surface area contributed by atoms with Crippen LogP contribution in [0.5, 0.6) is 0 Å². The zero-order chi connectivity index (χ0) is 19.1. The standard InChI is InChI=1S/C25H44O/c1-4-5-6-7-8-9-10-11-12-13-14-15-16-17-18-19-20-21-22-23-24-26-25(2)3/h8-9,11-12,14-15,17-18,25H,4-7,10,13,16,19-24H2,1-3H3. The van der Waals surface area contributed by atoms with E-state index in [1.54, 1.807) is 0 Å². The minimum absolute atomic E-state index is 0.374. The van der Waals surface area contributed by atoms with Crippen molar-refractivity contribution in [3.8, 4) is 0 Å². The first-order valence-electron chi connectivity index (χ1n) is 11.0. The van der Waals surface area contributed by atoms with E-state index in [4.69, 9.17) is 4.74 Å². The molecule has 0 bridgehead atoms. The lowest BCUT2D eigenvalue weighted by atomic mass is 10.1. The fourth-order valence-corrected chi connectivity index (χ4v) is 2.60. The molecule has 0 saturated heterocycles. The lowest BCUT2D eigenvalue weighted by Gasteiger charge is -2.06. The molecular formula is C25H44O. The Balaban J connectivity index is 3.33. The summed E-state index contributed by atoms with van der Waals surface area (Å²) in [5, 5.41) is 0. The third-order valence-corrected chi connectivity index (χ3v) is 4.17. The molecule has 0 atom stereocenters. The Morgan fingerprint density at radius 3 is 1.54 bits per heavy atom. The molecule has 0 aromatic heterocycles. The molecule has 0 aromatic carbocycles. The second kappa shape index (κ2) is 22.0. The Morgan fingerprint density at radius 1 is 0.577 bits per heavy atom. The van der Waals surface area contributed by atoms with E-state index in [2.05, 4.69) is 69.4 Å². The zero-order valence-corrected chi connectivity index (χ0v) is 17.8. The second-order valence-corrected chi connectivity index (χ2v) is 7.21. The molecule has 0 aromatic rings. The largest absolute Gasteiger partial charge is 0.379 e. The predicted octanol–water partition coefficient (Wildman–Crippen LogP) is 8.34. The van der Waals surface area contributed by atoms with Gasteiger partial charge in [-0.15, -0.1) is 0 Å². The highest BCUT2D eigenvalue weighted by Gasteiger charge is 1.93. The molecule has 0 aliphatic rings. The molecule has 0 aliphatic carbocycles. The van der Waals surface area contributed by atoms with Gasteiger partial charge in [0.15, 0.2) is 0 Å². The smallest absolute Gasteiger partial charge is 0.0518 e. The molecule has 1 heteroatoms. The van der Waals surface area contributed by atoms with Crippen molar-refractivity contribution in [2.75, 3.05) is 6.61 Å². The SMILES string of the molecule is CCCCCC=CCC=CCC=CCC=CCCCCCCOC(C)C. The molecule has 150 valence electrons. The van der Waals surface area contributed by atoms with Crippen LogP contribution >= 0.6 is 0 Å². The number of hydrogen-bond acceptors (Lipinski definition) is 1. The minimum atomic E-state index is 0.374. The fraction of sp³-hybridized carbons (Fsp3) is 0.680. The normalized spacial score (nSPS) is 12.8. The summed E-state index contributed by atoms with van der Waals surface area (Å²) in [7, 11) is 0. The van der Waals surface area contributed by atoms with Crippen molar-refractivity contribution in [1.29, 1.82) is 0 Å². The molecule has 0 fully saturated rings. The molecule has 26 heavy (non-hydrogen) atoms. The molecule has 0 saturated carbocycles. The Labute approximate surface area is 164 Å². The van der Waals surface area contributed by atoms with Gasteiger partial charge in [-0.05, 0) is 65.2 Å². The number of allylic oxidation sites excluding steroid dienone is 8. The van der Waals surface area contributed by atoms with Gasteiger partial charge in [0.1, 0.15) is 0 Å². The van der Waals surface area contributed by atoms with Crippen molar-refractivity contribution in [2.24, 2.45) is 0 Å². The first-order valence-corrected chi connectivity index (χ1v) is 11.0. The third-order valence-electron chi connectivity index (χ3n) is 4.17. The summed E-state index contributed by atoms with van der Waals surface area (Å²) in [6, 6.07) is 0. The topological polar surface area (TPSA) is 9.23 Å². The van der Waals surface area contributed by atoms with Crippen LogP contribution < -0.4 is 0 Å². The average Bonchev–Trinajstić information content (AvgIpc) is 2.62. The van der Waals surface area contributed by atoms with Crippen molar-refractivity contribution >= 4 is 0 Å². The quantitative estimate of drug-likeness (QED) is 0.176. The van der Waals surface area contributed by atoms with Crippen LogP contribution in [0.4, 0.5) is 0 Å². The van der Waals surface area contributed by atoms with E-state index in [0.29, 0.717) is 6.10 Å². The van der Waals surface area contributed by atoms with Gasteiger partial charge in [-0.2, -0.15) is 0 Å². The van der Waals surface area contributed by atoms with Crippen LogP contribution in [-0.4, -0.2) is 12.7 Å². The lowest BCUT2D eigenvalue weighted by Crippen LogP contribution is -2.03. The van der Waals surface area contributed by atoms with Gasteiger partial charge in [0.25, 0.3) is 0 Å². The molecule has 0 N–H and O–H groups in total. The Morgan fingerprint density at radius 2 is 1.04 bits per heavy atom. The van der Waals surface area contributed by atoms with E-state index in [-0.39, 0.29) is 0 Å². The highest BCUT2D eigenvalue weighted by atomic mass is 16.5. The van der Waals surface area contributed by atoms with Crippen molar-refractivity contribution in [2.45, 2.75) is 104 Å². The predicted molar refractivity (Wildman–Crippen MR) is 119 cm³/mol. The Kier molecular flexibility index (Phi) is 21.0. The molecule has 0 spiro atoms. The van der Waals surface area contributed by atoms with E-state index in [9.17, 15) is 0 Å². The minimum Gasteiger partial charge on any atom is -0.379 e. The maximum Gasteiger partial charge on any atom is 0.0518 e. The number of ether oxygens (including phenoxy) is 1. The number of unbranched alkanes of at least 4 members (excludes halogenated alkanes) is 7. The van der Waals surface area contributed by atoms with Gasteiger partial charge < -0.3 is 4.74 Å². The van der Waals surface area contributed by atoms with Crippen molar-refractivity contribution in [3.05, 3.63) is 48.6 Å². The second-order valence-electron chi connectivity index (χ2n) is 7.21. The highest BCUT2D eigenvalue weighted by molar-refractivity contribution is 4.99. The fourth-order valence-electron chi connectivity index (χ4n) is 2.60. The molecule has 0 amide bonds. The van der Waals surface area contributed by atoms with Crippen LogP contribution in [0.15, 0.2) is 48.6 Å². The summed E-state index contributed by atoms with van der Waals surface area (Å²) in [4.78, 5) is 0. The first-order chi connectivity index (χ1) is 12.8. The van der Waals surface area contributed by atoms with Gasteiger partial charge in [-0.3, -0.25) is 0 Å². The molecule has 0 radical (unpaired) electrons. The van der Waals surface area contributed by atoms with Gasteiger partial charge in [-0.25, -0.2) is 0 Å². The van der Waals surface area contributed by atoms with Crippen LogP contribution in [0, 0.1) is 0 Å².